The number of hydrogen-bond donors (Lipinski definition) is 2. The lowest BCUT2D eigenvalue weighted by Crippen LogP contribution is -2.44. The Bertz CT molecular complexity index is 830. The summed E-state index contributed by atoms with van der Waals surface area (Å²) in [6.07, 6.45) is 0.209. The number of nitrogens with one attached hydrogen (secondary N) is 1. The summed E-state index contributed by atoms with van der Waals surface area (Å²) in [7, 11) is -1.96. The number of para-hydroxylation sites is 1. The zero-order valence-electron chi connectivity index (χ0n) is 16.6. The minimum Gasteiger partial charge on any atom is -0.480 e. The first-order chi connectivity index (χ1) is 12.5. The second kappa shape index (κ2) is 8.18. The summed E-state index contributed by atoms with van der Waals surface area (Å²) in [4.78, 5) is 28.3. The van der Waals surface area contributed by atoms with Gasteiger partial charge >= 0.3 is 5.97 Å². The van der Waals surface area contributed by atoms with Crippen LogP contribution in [0.2, 0.25) is 18.1 Å². The van der Waals surface area contributed by atoms with Crippen LogP contribution in [0.25, 0.3) is 10.9 Å². The minimum absolute atomic E-state index is 0.0456. The van der Waals surface area contributed by atoms with E-state index in [1.165, 1.54) is 0 Å². The molecule has 6 nitrogen and oxygen atoms in total. The fourth-order valence-electron chi connectivity index (χ4n) is 2.33. The Morgan fingerprint density at radius 1 is 1.19 bits per heavy atom. The zero-order chi connectivity index (χ0) is 20.2. The van der Waals surface area contributed by atoms with Gasteiger partial charge in [0.1, 0.15) is 11.7 Å². The molecule has 2 aromatic rings. The maximum absolute atomic E-state index is 12.5. The normalized spacial score (nSPS) is 13.4. The average Bonchev–Trinajstić information content (AvgIpc) is 2.59. The maximum atomic E-state index is 12.5. The number of aromatic nitrogens is 1. The Kier molecular flexibility index (Phi) is 6.38. The Hall–Kier alpha value is -2.25. The number of benzene rings is 1. The van der Waals surface area contributed by atoms with Crippen LogP contribution >= 0.6 is 0 Å². The summed E-state index contributed by atoms with van der Waals surface area (Å²) in [5.41, 5.74) is 0.892. The number of aliphatic carboxylic acids is 1. The van der Waals surface area contributed by atoms with Gasteiger partial charge in [0.05, 0.1) is 5.52 Å². The van der Waals surface area contributed by atoms with Gasteiger partial charge in [-0.25, -0.2) is 9.78 Å². The molecule has 0 bridgehead atoms. The molecule has 0 aliphatic rings. The van der Waals surface area contributed by atoms with Crippen LogP contribution in [0.15, 0.2) is 36.4 Å². The van der Waals surface area contributed by atoms with Crippen LogP contribution in [-0.2, 0) is 9.22 Å². The molecule has 2 N–H and O–H groups in total. The van der Waals surface area contributed by atoms with Gasteiger partial charge in [-0.15, -0.1) is 0 Å². The first kappa shape index (κ1) is 21.1. The SMILES string of the molecule is CC(C)(C)[Si](C)(C)OCC[C@@H](NC(=O)c1ccc2ccccc2n1)C(=O)O. The van der Waals surface area contributed by atoms with Crippen molar-refractivity contribution in [3.8, 4) is 0 Å². The second-order valence-electron chi connectivity index (χ2n) is 8.15. The van der Waals surface area contributed by atoms with E-state index in [1.54, 1.807) is 12.1 Å². The third kappa shape index (κ3) is 5.37. The molecule has 0 spiro atoms. The number of carbonyl (C=O) groups excluding carboxylic acids is 1. The van der Waals surface area contributed by atoms with Crippen LogP contribution < -0.4 is 5.32 Å². The van der Waals surface area contributed by atoms with Crippen LogP contribution in [0.1, 0.15) is 37.7 Å². The molecule has 0 aliphatic carbocycles. The Morgan fingerprint density at radius 3 is 2.48 bits per heavy atom. The number of pyridine rings is 1. The van der Waals surface area contributed by atoms with Crippen LogP contribution in [0.4, 0.5) is 0 Å². The molecule has 1 heterocycles. The number of carbonyl (C=O) groups is 2. The molecule has 0 radical (unpaired) electrons. The lowest BCUT2D eigenvalue weighted by molar-refractivity contribution is -0.139. The van der Waals surface area contributed by atoms with Crippen molar-refractivity contribution in [1.82, 2.24) is 10.3 Å². The van der Waals surface area contributed by atoms with Crippen molar-refractivity contribution in [2.24, 2.45) is 0 Å². The van der Waals surface area contributed by atoms with Crippen molar-refractivity contribution in [1.29, 1.82) is 0 Å². The number of carboxylic acids is 1. The van der Waals surface area contributed by atoms with Gasteiger partial charge < -0.3 is 14.8 Å². The highest BCUT2D eigenvalue weighted by Gasteiger charge is 2.37. The fraction of sp³-hybridized carbons (Fsp3) is 0.450. The Morgan fingerprint density at radius 2 is 1.85 bits per heavy atom. The molecule has 0 unspecified atom stereocenters. The maximum Gasteiger partial charge on any atom is 0.326 e. The largest absolute Gasteiger partial charge is 0.480 e. The van der Waals surface area contributed by atoms with E-state index in [4.69, 9.17) is 4.43 Å². The highest BCUT2D eigenvalue weighted by atomic mass is 28.4. The number of amides is 1. The topological polar surface area (TPSA) is 88.5 Å². The van der Waals surface area contributed by atoms with E-state index in [2.05, 4.69) is 44.2 Å². The van der Waals surface area contributed by atoms with Crippen molar-refractivity contribution in [2.75, 3.05) is 6.61 Å². The van der Waals surface area contributed by atoms with Crippen molar-refractivity contribution in [3.63, 3.8) is 0 Å². The number of carboxylic acid groups (broad SMARTS) is 1. The van der Waals surface area contributed by atoms with Gasteiger partial charge in [0.25, 0.3) is 5.91 Å². The summed E-state index contributed by atoms with van der Waals surface area (Å²) >= 11 is 0. The van der Waals surface area contributed by atoms with Gasteiger partial charge in [-0.1, -0.05) is 45.0 Å². The molecule has 1 atom stereocenters. The molecule has 0 saturated carbocycles. The average molecular weight is 389 g/mol. The van der Waals surface area contributed by atoms with Crippen LogP contribution in [0.3, 0.4) is 0 Å². The molecule has 2 rings (SSSR count). The van der Waals surface area contributed by atoms with E-state index in [0.717, 1.165) is 5.39 Å². The summed E-state index contributed by atoms with van der Waals surface area (Å²) < 4.78 is 6.03. The van der Waals surface area contributed by atoms with Crippen LogP contribution in [-0.4, -0.2) is 42.9 Å². The monoisotopic (exact) mass is 388 g/mol. The highest BCUT2D eigenvalue weighted by Crippen LogP contribution is 2.36. The van der Waals surface area contributed by atoms with Gasteiger partial charge in [-0.05, 0) is 30.3 Å². The van der Waals surface area contributed by atoms with Crippen molar-refractivity contribution in [2.45, 2.75) is 51.4 Å². The van der Waals surface area contributed by atoms with Crippen molar-refractivity contribution >= 4 is 31.1 Å². The lowest BCUT2D eigenvalue weighted by atomic mass is 10.2. The highest BCUT2D eigenvalue weighted by molar-refractivity contribution is 6.74. The number of fused-ring (bicyclic) bond motifs is 1. The lowest BCUT2D eigenvalue weighted by Gasteiger charge is -2.36. The van der Waals surface area contributed by atoms with E-state index in [9.17, 15) is 14.7 Å². The molecule has 7 heteroatoms. The molecule has 1 aromatic carbocycles. The van der Waals surface area contributed by atoms with E-state index < -0.39 is 26.2 Å². The molecule has 0 aliphatic heterocycles. The summed E-state index contributed by atoms with van der Waals surface area (Å²) in [6, 6.07) is 9.84. The summed E-state index contributed by atoms with van der Waals surface area (Å²) in [5, 5.41) is 13.0. The van der Waals surface area contributed by atoms with E-state index in [-0.39, 0.29) is 17.2 Å². The summed E-state index contributed by atoms with van der Waals surface area (Å²) in [5.74, 6) is -1.58. The zero-order valence-corrected chi connectivity index (χ0v) is 17.6. The van der Waals surface area contributed by atoms with Gasteiger partial charge in [0, 0.05) is 18.4 Å². The molecule has 1 amide bonds. The first-order valence-corrected chi connectivity index (χ1v) is 12.0. The molecule has 27 heavy (non-hydrogen) atoms. The summed E-state index contributed by atoms with van der Waals surface area (Å²) in [6.45, 7) is 10.9. The van der Waals surface area contributed by atoms with Crippen LogP contribution in [0.5, 0.6) is 0 Å². The predicted octanol–water partition coefficient (Wildman–Crippen LogP) is 3.83. The van der Waals surface area contributed by atoms with E-state index in [0.29, 0.717) is 12.1 Å². The van der Waals surface area contributed by atoms with Gasteiger partial charge in [-0.3, -0.25) is 4.79 Å². The number of rotatable bonds is 7. The molecule has 1 aromatic heterocycles. The molecular formula is C20H28N2O4Si. The van der Waals surface area contributed by atoms with E-state index in [1.807, 2.05) is 24.3 Å². The quantitative estimate of drug-likeness (QED) is 0.704. The molecule has 0 saturated heterocycles. The molecular weight excluding hydrogens is 360 g/mol. The van der Waals surface area contributed by atoms with Gasteiger partial charge in [0.15, 0.2) is 8.32 Å². The molecule has 146 valence electrons. The van der Waals surface area contributed by atoms with Crippen LogP contribution in [0, 0.1) is 0 Å². The van der Waals surface area contributed by atoms with Gasteiger partial charge in [-0.2, -0.15) is 0 Å². The van der Waals surface area contributed by atoms with E-state index >= 15 is 0 Å². The Balaban J connectivity index is 2.02. The van der Waals surface area contributed by atoms with Crippen molar-refractivity contribution < 1.29 is 19.1 Å². The minimum atomic E-state index is -1.96. The first-order valence-electron chi connectivity index (χ1n) is 9.05. The third-order valence-electron chi connectivity index (χ3n) is 5.11. The van der Waals surface area contributed by atoms with Gasteiger partial charge in [0.2, 0.25) is 0 Å². The Labute approximate surface area is 161 Å². The predicted molar refractivity (Wildman–Crippen MR) is 108 cm³/mol. The fourth-order valence-corrected chi connectivity index (χ4v) is 3.39. The smallest absolute Gasteiger partial charge is 0.326 e. The third-order valence-corrected chi connectivity index (χ3v) is 9.65. The standard InChI is InChI=1S/C20H28N2O4Si/c1-20(2,3)27(4,5)26-13-12-17(19(24)25)22-18(23)16-11-10-14-8-6-7-9-15(14)21-16/h6-11,17H,12-13H2,1-5H3,(H,22,23)(H,24,25)/t17-/m1/s1. The second-order valence-corrected chi connectivity index (χ2v) is 13.0. The number of nitrogens with zero attached hydrogens (tertiary/aromatic N) is 1. The number of hydrogen-bond acceptors (Lipinski definition) is 4. The molecule has 0 fully saturated rings. The van der Waals surface area contributed by atoms with Crippen molar-refractivity contribution in [3.05, 3.63) is 42.1 Å².